The van der Waals surface area contributed by atoms with Crippen LogP contribution in [0.4, 0.5) is 0 Å². The Morgan fingerprint density at radius 1 is 1.31 bits per heavy atom. The Hall–Kier alpha value is -0.350. The summed E-state index contributed by atoms with van der Waals surface area (Å²) in [7, 11) is 0. The molecule has 0 aliphatic carbocycles. The van der Waals surface area contributed by atoms with E-state index in [4.69, 9.17) is 17.3 Å². The summed E-state index contributed by atoms with van der Waals surface area (Å²) in [5.74, 6) is 0. The third-order valence-electron chi connectivity index (χ3n) is 2.32. The van der Waals surface area contributed by atoms with Crippen molar-refractivity contribution in [3.05, 3.63) is 55.1 Å². The lowest BCUT2D eigenvalue weighted by molar-refractivity contribution is 0.891. The molecule has 16 heavy (non-hydrogen) atoms. The van der Waals surface area contributed by atoms with Gasteiger partial charge in [-0.1, -0.05) is 17.7 Å². The number of hydrogen-bond donors (Lipinski definition) is 1. The molecule has 2 N–H and O–H groups in total. The highest BCUT2D eigenvalue weighted by molar-refractivity contribution is 9.11. The van der Waals surface area contributed by atoms with Crippen molar-refractivity contribution in [2.45, 2.75) is 13.0 Å². The summed E-state index contributed by atoms with van der Waals surface area (Å²) in [6.45, 7) is 2.02. The summed E-state index contributed by atoms with van der Waals surface area (Å²) in [5, 5.41) is 0.737. The smallest absolute Gasteiger partial charge is 0.0702 e. The van der Waals surface area contributed by atoms with Crippen LogP contribution in [0.2, 0.25) is 5.02 Å². The Morgan fingerprint density at radius 3 is 2.62 bits per heavy atom. The van der Waals surface area contributed by atoms with Gasteiger partial charge in [0.05, 0.1) is 9.83 Å². The average molecular weight is 317 g/mol. The number of nitrogens with two attached hydrogens (primary N) is 1. The van der Waals surface area contributed by atoms with Gasteiger partial charge in [-0.25, -0.2) is 0 Å². The number of halogens is 2. The molecular formula is C12H11BrClNS. The summed E-state index contributed by atoms with van der Waals surface area (Å²) >= 11 is 11.1. The third-order valence-corrected chi connectivity index (χ3v) is 4.25. The fourth-order valence-electron chi connectivity index (χ4n) is 1.60. The second-order valence-corrected chi connectivity index (χ2v) is 6.61. The molecule has 0 spiro atoms. The predicted molar refractivity (Wildman–Crippen MR) is 74.2 cm³/mol. The number of benzene rings is 1. The standard InChI is InChI=1S/C12H11BrClNS/c1-7-4-8(6-9(14)5-7)12(15)10-2-3-11(13)16-10/h2-6,12H,15H2,1H3. The van der Waals surface area contributed by atoms with E-state index < -0.39 is 0 Å². The van der Waals surface area contributed by atoms with Crippen molar-refractivity contribution in [1.82, 2.24) is 0 Å². The number of hydrogen-bond acceptors (Lipinski definition) is 2. The molecule has 2 rings (SSSR count). The van der Waals surface area contributed by atoms with E-state index in [1.54, 1.807) is 11.3 Å². The minimum absolute atomic E-state index is 0.103. The summed E-state index contributed by atoms with van der Waals surface area (Å²) in [4.78, 5) is 1.13. The van der Waals surface area contributed by atoms with Gasteiger partial charge in [-0.05, 0) is 58.2 Å². The molecule has 0 aliphatic heterocycles. The molecule has 2 aromatic rings. The van der Waals surface area contributed by atoms with Crippen LogP contribution in [0, 0.1) is 6.92 Å². The first-order valence-corrected chi connectivity index (χ1v) is 6.83. The lowest BCUT2D eigenvalue weighted by Gasteiger charge is -2.11. The molecule has 0 bridgehead atoms. The van der Waals surface area contributed by atoms with Crippen molar-refractivity contribution in [3.8, 4) is 0 Å². The van der Waals surface area contributed by atoms with Crippen molar-refractivity contribution >= 4 is 38.9 Å². The molecule has 0 aliphatic rings. The van der Waals surface area contributed by atoms with Gasteiger partial charge in [0.15, 0.2) is 0 Å². The van der Waals surface area contributed by atoms with E-state index >= 15 is 0 Å². The molecule has 1 nitrogen and oxygen atoms in total. The zero-order valence-corrected chi connectivity index (χ0v) is 11.9. The summed E-state index contributed by atoms with van der Waals surface area (Å²) in [6, 6.07) is 9.88. The number of rotatable bonds is 2. The SMILES string of the molecule is Cc1cc(Cl)cc(C(N)c2ccc(Br)s2)c1. The summed E-state index contributed by atoms with van der Waals surface area (Å²) in [6.07, 6.45) is 0. The highest BCUT2D eigenvalue weighted by Crippen LogP contribution is 2.31. The average Bonchev–Trinajstić information content (AvgIpc) is 2.62. The van der Waals surface area contributed by atoms with Gasteiger partial charge in [-0.2, -0.15) is 0 Å². The number of aryl methyl sites for hydroxylation is 1. The molecule has 84 valence electrons. The van der Waals surface area contributed by atoms with Crippen molar-refractivity contribution < 1.29 is 0 Å². The Morgan fingerprint density at radius 2 is 2.06 bits per heavy atom. The lowest BCUT2D eigenvalue weighted by atomic mass is 10.0. The Kier molecular flexibility index (Phi) is 3.70. The fraction of sp³-hybridized carbons (Fsp3) is 0.167. The summed E-state index contributed by atoms with van der Waals surface area (Å²) < 4.78 is 1.09. The molecule has 0 radical (unpaired) electrons. The van der Waals surface area contributed by atoms with Crippen molar-refractivity contribution in [2.75, 3.05) is 0 Å². The second-order valence-electron chi connectivity index (χ2n) is 3.68. The van der Waals surface area contributed by atoms with Gasteiger partial charge in [-0.15, -0.1) is 11.3 Å². The van der Waals surface area contributed by atoms with Crippen LogP contribution in [0.3, 0.4) is 0 Å². The Labute approximate surface area is 112 Å². The first-order valence-electron chi connectivity index (χ1n) is 4.84. The minimum Gasteiger partial charge on any atom is -0.320 e. The van der Waals surface area contributed by atoms with Gasteiger partial charge in [-0.3, -0.25) is 0 Å². The quantitative estimate of drug-likeness (QED) is 0.866. The van der Waals surface area contributed by atoms with E-state index in [2.05, 4.69) is 22.0 Å². The van der Waals surface area contributed by atoms with E-state index in [0.29, 0.717) is 0 Å². The first kappa shape index (κ1) is 12.1. The van der Waals surface area contributed by atoms with Gasteiger partial charge in [0.2, 0.25) is 0 Å². The molecule has 1 unspecified atom stereocenters. The highest BCUT2D eigenvalue weighted by Gasteiger charge is 2.12. The van der Waals surface area contributed by atoms with E-state index in [1.807, 2.05) is 31.2 Å². The van der Waals surface area contributed by atoms with Crippen LogP contribution in [-0.2, 0) is 0 Å². The van der Waals surface area contributed by atoms with E-state index in [0.717, 1.165) is 24.8 Å². The lowest BCUT2D eigenvalue weighted by Crippen LogP contribution is -2.10. The van der Waals surface area contributed by atoms with Gasteiger partial charge in [0, 0.05) is 9.90 Å². The maximum atomic E-state index is 6.20. The Balaban J connectivity index is 2.37. The van der Waals surface area contributed by atoms with Crippen LogP contribution in [0.25, 0.3) is 0 Å². The molecule has 0 amide bonds. The zero-order chi connectivity index (χ0) is 11.7. The van der Waals surface area contributed by atoms with Crippen LogP contribution >= 0.6 is 38.9 Å². The molecular weight excluding hydrogens is 306 g/mol. The summed E-state index contributed by atoms with van der Waals surface area (Å²) in [5.41, 5.74) is 8.39. The predicted octanol–water partition coefficient (Wildman–Crippen LogP) is 4.52. The highest BCUT2D eigenvalue weighted by atomic mass is 79.9. The molecule has 0 saturated carbocycles. The molecule has 4 heteroatoms. The molecule has 0 fully saturated rings. The third kappa shape index (κ3) is 2.66. The molecule has 0 saturated heterocycles. The first-order chi connectivity index (χ1) is 7.56. The van der Waals surface area contributed by atoms with Gasteiger partial charge in [0.1, 0.15) is 0 Å². The van der Waals surface area contributed by atoms with Crippen molar-refractivity contribution in [2.24, 2.45) is 5.73 Å². The van der Waals surface area contributed by atoms with Crippen LogP contribution in [0.1, 0.15) is 22.0 Å². The van der Waals surface area contributed by atoms with Gasteiger partial charge >= 0.3 is 0 Å². The molecule has 1 aromatic heterocycles. The molecule has 1 aromatic carbocycles. The van der Waals surface area contributed by atoms with Gasteiger partial charge < -0.3 is 5.73 Å². The normalized spacial score (nSPS) is 12.8. The Bertz CT molecular complexity index is 489. The minimum atomic E-state index is -0.103. The van der Waals surface area contributed by atoms with Crippen LogP contribution < -0.4 is 5.73 Å². The monoisotopic (exact) mass is 315 g/mol. The molecule has 1 heterocycles. The van der Waals surface area contributed by atoms with Crippen LogP contribution in [0.5, 0.6) is 0 Å². The fourth-order valence-corrected chi connectivity index (χ4v) is 3.36. The van der Waals surface area contributed by atoms with Crippen LogP contribution in [0.15, 0.2) is 34.1 Å². The number of thiophene rings is 1. The maximum absolute atomic E-state index is 6.20. The maximum Gasteiger partial charge on any atom is 0.0702 e. The molecule has 1 atom stereocenters. The zero-order valence-electron chi connectivity index (χ0n) is 8.71. The van der Waals surface area contributed by atoms with Crippen molar-refractivity contribution in [3.63, 3.8) is 0 Å². The van der Waals surface area contributed by atoms with E-state index in [9.17, 15) is 0 Å². The largest absolute Gasteiger partial charge is 0.320 e. The van der Waals surface area contributed by atoms with E-state index in [1.165, 1.54) is 0 Å². The van der Waals surface area contributed by atoms with E-state index in [-0.39, 0.29) is 6.04 Å². The van der Waals surface area contributed by atoms with Gasteiger partial charge in [0.25, 0.3) is 0 Å². The van der Waals surface area contributed by atoms with Crippen molar-refractivity contribution in [1.29, 1.82) is 0 Å². The van der Waals surface area contributed by atoms with Crippen LogP contribution in [-0.4, -0.2) is 0 Å². The second kappa shape index (κ2) is 4.88. The topological polar surface area (TPSA) is 26.0 Å².